The molecular formula is C15H19FO3S. The van der Waals surface area contributed by atoms with Gasteiger partial charge >= 0.3 is 5.97 Å². The van der Waals surface area contributed by atoms with E-state index in [-0.39, 0.29) is 0 Å². The van der Waals surface area contributed by atoms with E-state index in [1.807, 2.05) is 6.26 Å². The van der Waals surface area contributed by atoms with Gasteiger partial charge in [-0.05, 0) is 31.2 Å². The molecule has 2 rings (SSSR count). The maximum atomic E-state index is 13.9. The van der Waals surface area contributed by atoms with Crippen LogP contribution in [0.5, 0.6) is 5.75 Å². The summed E-state index contributed by atoms with van der Waals surface area (Å²) in [5.74, 6) is -0.785. The molecule has 0 aromatic heterocycles. The van der Waals surface area contributed by atoms with Crippen LogP contribution in [0.1, 0.15) is 37.7 Å². The lowest BCUT2D eigenvalue weighted by Gasteiger charge is -2.35. The first-order chi connectivity index (χ1) is 9.55. The van der Waals surface area contributed by atoms with Crippen molar-refractivity contribution in [3.63, 3.8) is 0 Å². The third kappa shape index (κ3) is 2.51. The third-order valence-electron chi connectivity index (χ3n) is 4.08. The van der Waals surface area contributed by atoms with Crippen LogP contribution in [0.2, 0.25) is 0 Å². The molecule has 1 aliphatic carbocycles. The number of halogens is 1. The lowest BCUT2D eigenvalue weighted by Crippen LogP contribution is -2.38. The first-order valence-electron chi connectivity index (χ1n) is 6.70. The zero-order valence-electron chi connectivity index (χ0n) is 11.7. The molecule has 0 heterocycles. The van der Waals surface area contributed by atoms with Crippen LogP contribution in [0, 0.1) is 5.82 Å². The summed E-state index contributed by atoms with van der Waals surface area (Å²) in [7, 11) is 1.51. The van der Waals surface area contributed by atoms with Crippen LogP contribution in [0.25, 0.3) is 0 Å². The average Bonchev–Trinajstić information content (AvgIpc) is 2.46. The number of aliphatic carboxylic acids is 1. The number of thioether (sulfide) groups is 1. The minimum atomic E-state index is -1.02. The van der Waals surface area contributed by atoms with Gasteiger partial charge in [0.25, 0.3) is 0 Å². The Labute approximate surface area is 122 Å². The van der Waals surface area contributed by atoms with Gasteiger partial charge in [-0.25, -0.2) is 4.39 Å². The number of hydrogen-bond acceptors (Lipinski definition) is 3. The molecule has 20 heavy (non-hydrogen) atoms. The summed E-state index contributed by atoms with van der Waals surface area (Å²) in [6.07, 6.45) is 5.63. The second-order valence-corrected chi connectivity index (χ2v) is 5.98. The number of rotatable bonds is 4. The molecule has 1 N–H and O–H groups in total. The predicted molar refractivity (Wildman–Crippen MR) is 77.1 cm³/mol. The highest BCUT2D eigenvalue weighted by molar-refractivity contribution is 7.98. The Morgan fingerprint density at radius 2 is 2.00 bits per heavy atom. The molecule has 0 radical (unpaired) electrons. The quantitative estimate of drug-likeness (QED) is 0.858. The van der Waals surface area contributed by atoms with Crippen LogP contribution >= 0.6 is 11.8 Å². The maximum Gasteiger partial charge on any atom is 0.314 e. The maximum absolute atomic E-state index is 13.9. The molecule has 1 aliphatic rings. The van der Waals surface area contributed by atoms with Crippen molar-refractivity contribution in [3.05, 3.63) is 23.5 Å². The Balaban J connectivity index is 2.64. The minimum Gasteiger partial charge on any atom is -0.495 e. The molecule has 0 aliphatic heterocycles. The van der Waals surface area contributed by atoms with Crippen molar-refractivity contribution in [1.29, 1.82) is 0 Å². The van der Waals surface area contributed by atoms with Crippen LogP contribution in [0.4, 0.5) is 4.39 Å². The van der Waals surface area contributed by atoms with Gasteiger partial charge in [-0.2, -0.15) is 0 Å². The highest BCUT2D eigenvalue weighted by Crippen LogP contribution is 2.46. The molecule has 0 atom stereocenters. The average molecular weight is 298 g/mol. The zero-order chi connectivity index (χ0) is 14.8. The first kappa shape index (κ1) is 15.2. The Kier molecular flexibility index (Phi) is 4.58. The molecule has 110 valence electrons. The van der Waals surface area contributed by atoms with E-state index in [0.717, 1.165) is 19.3 Å². The van der Waals surface area contributed by atoms with Gasteiger partial charge in [-0.15, -0.1) is 11.8 Å². The van der Waals surface area contributed by atoms with Gasteiger partial charge in [0.05, 0.1) is 17.4 Å². The Bertz CT molecular complexity index is 510. The van der Waals surface area contributed by atoms with E-state index in [4.69, 9.17) is 4.74 Å². The Morgan fingerprint density at radius 1 is 1.35 bits per heavy atom. The van der Waals surface area contributed by atoms with Crippen molar-refractivity contribution in [1.82, 2.24) is 0 Å². The van der Waals surface area contributed by atoms with E-state index in [2.05, 4.69) is 0 Å². The van der Waals surface area contributed by atoms with Crippen molar-refractivity contribution < 1.29 is 19.0 Å². The topological polar surface area (TPSA) is 46.5 Å². The van der Waals surface area contributed by atoms with Gasteiger partial charge in [0.1, 0.15) is 11.6 Å². The standard InChI is InChI=1S/C15H19FO3S/c1-19-13-11(8-10(16)9-12(13)20-2)15(14(17)18)6-4-3-5-7-15/h8-9H,3-7H2,1-2H3,(H,17,18). The number of hydrogen-bond donors (Lipinski definition) is 1. The summed E-state index contributed by atoms with van der Waals surface area (Å²) in [5, 5.41) is 9.73. The van der Waals surface area contributed by atoms with Gasteiger partial charge in [-0.3, -0.25) is 4.79 Å². The summed E-state index contributed by atoms with van der Waals surface area (Å²) in [6.45, 7) is 0. The van der Waals surface area contributed by atoms with Gasteiger partial charge in [0.15, 0.2) is 0 Å². The fourth-order valence-electron chi connectivity index (χ4n) is 3.04. The number of carboxylic acid groups (broad SMARTS) is 1. The molecule has 0 saturated heterocycles. The highest BCUT2D eigenvalue weighted by atomic mass is 32.2. The van der Waals surface area contributed by atoms with Crippen LogP contribution < -0.4 is 4.74 Å². The number of benzene rings is 1. The molecule has 3 nitrogen and oxygen atoms in total. The first-order valence-corrected chi connectivity index (χ1v) is 7.93. The van der Waals surface area contributed by atoms with Crippen molar-refractivity contribution in [2.45, 2.75) is 42.4 Å². The summed E-state index contributed by atoms with van der Waals surface area (Å²) in [6, 6.07) is 2.73. The van der Waals surface area contributed by atoms with Crippen molar-refractivity contribution >= 4 is 17.7 Å². The van der Waals surface area contributed by atoms with Gasteiger partial charge < -0.3 is 9.84 Å². The van der Waals surface area contributed by atoms with E-state index in [1.54, 1.807) is 0 Å². The van der Waals surface area contributed by atoms with E-state index in [9.17, 15) is 14.3 Å². The number of carbonyl (C=O) groups is 1. The molecule has 1 saturated carbocycles. The number of carboxylic acids is 1. The fourth-order valence-corrected chi connectivity index (χ4v) is 3.65. The van der Waals surface area contributed by atoms with Crippen molar-refractivity contribution in [3.8, 4) is 5.75 Å². The smallest absolute Gasteiger partial charge is 0.314 e. The van der Waals surface area contributed by atoms with E-state index < -0.39 is 17.2 Å². The molecule has 1 aromatic carbocycles. The Morgan fingerprint density at radius 3 is 2.50 bits per heavy atom. The summed E-state index contributed by atoms with van der Waals surface area (Å²) in [5.41, 5.74) is -0.535. The molecule has 0 bridgehead atoms. The lowest BCUT2D eigenvalue weighted by molar-refractivity contribution is -0.145. The van der Waals surface area contributed by atoms with Crippen LogP contribution in [-0.4, -0.2) is 24.4 Å². The van der Waals surface area contributed by atoms with E-state index in [1.165, 1.54) is 31.0 Å². The van der Waals surface area contributed by atoms with E-state index >= 15 is 0 Å². The molecule has 5 heteroatoms. The number of ether oxygens (including phenoxy) is 1. The van der Waals surface area contributed by atoms with Crippen LogP contribution in [0.3, 0.4) is 0 Å². The molecule has 1 aromatic rings. The third-order valence-corrected chi connectivity index (χ3v) is 4.82. The molecule has 1 fully saturated rings. The van der Waals surface area contributed by atoms with Crippen LogP contribution in [0.15, 0.2) is 17.0 Å². The molecule has 0 unspecified atom stereocenters. The Hall–Kier alpha value is -1.23. The van der Waals surface area contributed by atoms with Crippen molar-refractivity contribution in [2.75, 3.05) is 13.4 Å². The van der Waals surface area contributed by atoms with Gasteiger partial charge in [-0.1, -0.05) is 19.3 Å². The van der Waals surface area contributed by atoms with Crippen LogP contribution in [-0.2, 0) is 10.2 Å². The summed E-state index contributed by atoms with van der Waals surface area (Å²) in [4.78, 5) is 12.5. The zero-order valence-corrected chi connectivity index (χ0v) is 12.6. The fraction of sp³-hybridized carbons (Fsp3) is 0.533. The molecule has 0 amide bonds. The number of methoxy groups -OCH3 is 1. The second kappa shape index (κ2) is 6.04. The van der Waals surface area contributed by atoms with Gasteiger partial charge in [0, 0.05) is 5.56 Å². The minimum absolute atomic E-state index is 0.406. The molecule has 0 spiro atoms. The summed E-state index contributed by atoms with van der Waals surface area (Å²) < 4.78 is 19.3. The van der Waals surface area contributed by atoms with Crippen molar-refractivity contribution in [2.24, 2.45) is 0 Å². The molecular weight excluding hydrogens is 279 g/mol. The van der Waals surface area contributed by atoms with Gasteiger partial charge in [0.2, 0.25) is 0 Å². The highest BCUT2D eigenvalue weighted by Gasteiger charge is 2.44. The monoisotopic (exact) mass is 298 g/mol. The largest absolute Gasteiger partial charge is 0.495 e. The second-order valence-electron chi connectivity index (χ2n) is 5.14. The normalized spacial score (nSPS) is 17.8. The SMILES string of the molecule is COc1c(SC)cc(F)cc1C1(C(=O)O)CCCCC1. The van der Waals surface area contributed by atoms with E-state index in [0.29, 0.717) is 29.1 Å². The lowest BCUT2D eigenvalue weighted by atomic mass is 9.69. The predicted octanol–water partition coefficient (Wildman–Crippen LogP) is 3.84. The summed E-state index contributed by atoms with van der Waals surface area (Å²) >= 11 is 1.36.